The number of piperazine rings is 1. The Bertz CT molecular complexity index is 1420. The maximum absolute atomic E-state index is 12.9. The summed E-state index contributed by atoms with van der Waals surface area (Å²) < 4.78 is 30.0. The average molecular weight is 530 g/mol. The minimum absolute atomic E-state index is 0. The van der Waals surface area contributed by atoms with E-state index >= 15 is 0 Å². The van der Waals surface area contributed by atoms with Crippen molar-refractivity contribution in [3.05, 3.63) is 62.3 Å². The first-order valence-electron chi connectivity index (χ1n) is 10.3. The highest BCUT2D eigenvalue weighted by molar-refractivity contribution is 7.89. The largest absolute Gasteiger partial charge is 0.495 e. The van der Waals surface area contributed by atoms with Crippen molar-refractivity contribution >= 4 is 50.6 Å². The normalized spacial score (nSPS) is 14.7. The van der Waals surface area contributed by atoms with Crippen LogP contribution in [0.25, 0.3) is 10.9 Å². The number of nitrogens with zero attached hydrogens (tertiary/aromatic N) is 3. The summed E-state index contributed by atoms with van der Waals surface area (Å²) in [6.07, 6.45) is 0. The Morgan fingerprint density at radius 1 is 1.09 bits per heavy atom. The van der Waals surface area contributed by atoms with Gasteiger partial charge in [-0.25, -0.2) is 18.4 Å². The number of fused-ring (bicyclic) bond motifs is 1. The molecule has 0 saturated carbocycles. The van der Waals surface area contributed by atoms with Gasteiger partial charge in [0.15, 0.2) is 0 Å². The molecule has 1 aliphatic rings. The lowest BCUT2D eigenvalue weighted by atomic mass is 10.2. The van der Waals surface area contributed by atoms with E-state index in [1.807, 2.05) is 24.3 Å². The van der Waals surface area contributed by atoms with Crippen molar-refractivity contribution in [1.82, 2.24) is 14.5 Å². The molecular weight excluding hydrogens is 505 g/mol. The number of nitrogens with one attached hydrogen (secondary N) is 1. The van der Waals surface area contributed by atoms with Crippen LogP contribution in [0.4, 0.5) is 5.69 Å². The fourth-order valence-electron chi connectivity index (χ4n) is 4.02. The molecule has 0 radical (unpaired) electrons. The third kappa shape index (κ3) is 5.23. The molecule has 184 valence electrons. The molecule has 0 unspecified atom stereocenters. The van der Waals surface area contributed by atoms with Crippen LogP contribution < -0.4 is 26.0 Å². The average Bonchev–Trinajstić information content (AvgIpc) is 2.78. The van der Waals surface area contributed by atoms with E-state index in [0.717, 1.165) is 48.2 Å². The van der Waals surface area contributed by atoms with Gasteiger partial charge in [0.2, 0.25) is 10.0 Å². The van der Waals surface area contributed by atoms with Gasteiger partial charge in [0.05, 0.1) is 28.7 Å². The molecule has 1 saturated heterocycles. The summed E-state index contributed by atoms with van der Waals surface area (Å²) >= 11 is 5.96. The molecule has 0 aliphatic carbocycles. The Hall–Kier alpha value is -2.57. The van der Waals surface area contributed by atoms with Gasteiger partial charge in [-0.3, -0.25) is 14.3 Å². The highest BCUT2D eigenvalue weighted by atomic mass is 35.5. The number of ether oxygens (including phenoxy) is 1. The molecule has 0 bridgehead atoms. The predicted molar refractivity (Wildman–Crippen MR) is 134 cm³/mol. The van der Waals surface area contributed by atoms with Crippen LogP contribution in [0.2, 0.25) is 5.02 Å². The zero-order valence-electron chi connectivity index (χ0n) is 18.4. The SMILES string of the molecule is COc1ccccc1N1CCN(CCn2c(=O)[nH]c3cc(Cl)c(S(N)(=O)=O)cc3c2=O)CC1.Cl. The highest BCUT2D eigenvalue weighted by Gasteiger charge is 2.21. The lowest BCUT2D eigenvalue weighted by Crippen LogP contribution is -2.48. The van der Waals surface area contributed by atoms with Gasteiger partial charge >= 0.3 is 5.69 Å². The number of halogens is 2. The molecule has 3 aromatic rings. The zero-order valence-corrected chi connectivity index (χ0v) is 20.8. The van der Waals surface area contributed by atoms with Crippen molar-refractivity contribution in [2.75, 3.05) is 44.7 Å². The Kier molecular flexibility index (Phi) is 7.94. The van der Waals surface area contributed by atoms with Crippen LogP contribution in [0, 0.1) is 0 Å². The van der Waals surface area contributed by atoms with Gasteiger partial charge in [-0.2, -0.15) is 0 Å². The number of sulfonamides is 1. The monoisotopic (exact) mass is 529 g/mol. The second-order valence-electron chi connectivity index (χ2n) is 7.76. The summed E-state index contributed by atoms with van der Waals surface area (Å²) in [5, 5.41) is 5.05. The van der Waals surface area contributed by atoms with Crippen molar-refractivity contribution in [3.63, 3.8) is 0 Å². The molecule has 0 amide bonds. The Labute approximate surface area is 207 Å². The standard InChI is InChI=1S/C21H24ClN5O5S.ClH/c1-32-18-5-3-2-4-17(18)26-9-6-25(7-10-26)8-11-27-20(28)14-12-19(33(23,30)31)15(22)13-16(14)24-21(27)29;/h2-5,12-13H,6-11H2,1H3,(H,24,29)(H2,23,30,31);1H. The molecule has 0 atom stereocenters. The molecule has 1 aliphatic heterocycles. The van der Waals surface area contributed by atoms with E-state index in [4.69, 9.17) is 21.5 Å². The van der Waals surface area contributed by atoms with E-state index in [0.29, 0.717) is 6.54 Å². The lowest BCUT2D eigenvalue weighted by Gasteiger charge is -2.36. The van der Waals surface area contributed by atoms with Gasteiger partial charge in [0, 0.05) is 39.3 Å². The predicted octanol–water partition coefficient (Wildman–Crippen LogP) is 1.24. The van der Waals surface area contributed by atoms with Crippen LogP contribution in [0.15, 0.2) is 50.9 Å². The number of aromatic amines is 1. The van der Waals surface area contributed by atoms with E-state index in [-0.39, 0.29) is 39.8 Å². The molecule has 1 fully saturated rings. The molecule has 2 aromatic carbocycles. The summed E-state index contributed by atoms with van der Waals surface area (Å²) in [5.41, 5.74) is 0.0118. The van der Waals surface area contributed by atoms with Crippen molar-refractivity contribution in [2.24, 2.45) is 5.14 Å². The van der Waals surface area contributed by atoms with Gasteiger partial charge < -0.3 is 14.6 Å². The molecular formula is C21H25Cl2N5O5S. The van der Waals surface area contributed by atoms with Crippen LogP contribution in [0.5, 0.6) is 5.75 Å². The summed E-state index contributed by atoms with van der Waals surface area (Å²) in [6, 6.07) is 10.2. The number of hydrogen-bond donors (Lipinski definition) is 2. The topological polar surface area (TPSA) is 131 Å². The van der Waals surface area contributed by atoms with E-state index in [1.54, 1.807) is 7.11 Å². The molecule has 1 aromatic heterocycles. The maximum atomic E-state index is 12.9. The summed E-state index contributed by atoms with van der Waals surface area (Å²) in [4.78, 5) is 32.1. The molecule has 2 heterocycles. The first-order chi connectivity index (χ1) is 15.7. The van der Waals surface area contributed by atoms with Crippen LogP contribution in [-0.2, 0) is 16.6 Å². The van der Waals surface area contributed by atoms with E-state index in [1.165, 1.54) is 6.07 Å². The Morgan fingerprint density at radius 2 is 1.76 bits per heavy atom. The zero-order chi connectivity index (χ0) is 23.8. The fourth-order valence-corrected chi connectivity index (χ4v) is 5.12. The lowest BCUT2D eigenvalue weighted by molar-refractivity contribution is 0.245. The van der Waals surface area contributed by atoms with Crippen molar-refractivity contribution in [3.8, 4) is 5.75 Å². The second kappa shape index (κ2) is 10.4. The van der Waals surface area contributed by atoms with E-state index in [9.17, 15) is 18.0 Å². The first-order valence-corrected chi connectivity index (χ1v) is 12.2. The number of hydrogen-bond acceptors (Lipinski definition) is 7. The number of rotatable bonds is 6. The summed E-state index contributed by atoms with van der Waals surface area (Å²) in [7, 11) is -2.47. The van der Waals surface area contributed by atoms with Crippen molar-refractivity contribution in [1.29, 1.82) is 0 Å². The number of nitrogens with two attached hydrogens (primary N) is 1. The minimum Gasteiger partial charge on any atom is -0.495 e. The second-order valence-corrected chi connectivity index (χ2v) is 9.70. The smallest absolute Gasteiger partial charge is 0.328 e. The maximum Gasteiger partial charge on any atom is 0.328 e. The summed E-state index contributed by atoms with van der Waals surface area (Å²) in [6.45, 7) is 3.71. The number of aromatic nitrogens is 2. The molecule has 4 rings (SSSR count). The van der Waals surface area contributed by atoms with Gasteiger partial charge in [-0.1, -0.05) is 23.7 Å². The van der Waals surface area contributed by atoms with Gasteiger partial charge in [0.1, 0.15) is 10.6 Å². The van der Waals surface area contributed by atoms with Crippen LogP contribution in [0.3, 0.4) is 0 Å². The van der Waals surface area contributed by atoms with Crippen molar-refractivity contribution in [2.45, 2.75) is 11.4 Å². The number of benzene rings is 2. The number of methoxy groups -OCH3 is 1. The fraction of sp³-hybridized carbons (Fsp3) is 0.333. The third-order valence-corrected chi connectivity index (χ3v) is 7.15. The van der Waals surface area contributed by atoms with Crippen LogP contribution >= 0.6 is 24.0 Å². The number of primary sulfonamides is 1. The van der Waals surface area contributed by atoms with E-state index < -0.39 is 21.3 Å². The summed E-state index contributed by atoms with van der Waals surface area (Å²) in [5.74, 6) is 0.819. The number of anilines is 1. The molecule has 3 N–H and O–H groups in total. The third-order valence-electron chi connectivity index (χ3n) is 5.78. The van der Waals surface area contributed by atoms with Gasteiger partial charge in [-0.05, 0) is 24.3 Å². The van der Waals surface area contributed by atoms with Crippen LogP contribution in [-0.4, -0.2) is 62.7 Å². The van der Waals surface area contributed by atoms with Crippen LogP contribution in [0.1, 0.15) is 0 Å². The molecule has 13 heteroatoms. The Morgan fingerprint density at radius 3 is 2.41 bits per heavy atom. The minimum atomic E-state index is -4.12. The Balaban J connectivity index is 0.00000324. The molecule has 34 heavy (non-hydrogen) atoms. The van der Waals surface area contributed by atoms with E-state index in [2.05, 4.69) is 14.8 Å². The van der Waals surface area contributed by atoms with Gasteiger partial charge in [0.25, 0.3) is 5.56 Å². The first kappa shape index (κ1) is 26.0. The molecule has 10 nitrogen and oxygen atoms in total. The number of para-hydroxylation sites is 2. The van der Waals surface area contributed by atoms with Gasteiger partial charge in [-0.15, -0.1) is 12.4 Å². The van der Waals surface area contributed by atoms with Crippen molar-refractivity contribution < 1.29 is 13.2 Å². The number of H-pyrrole nitrogens is 1. The quantitative estimate of drug-likeness (QED) is 0.491. The molecule has 0 spiro atoms. The highest BCUT2D eigenvalue weighted by Crippen LogP contribution is 2.28.